The molecule has 3 heterocycles. The molecule has 1 amide bonds. The topological polar surface area (TPSA) is 115 Å². The summed E-state index contributed by atoms with van der Waals surface area (Å²) in [5.41, 5.74) is 11.3. The first-order chi connectivity index (χ1) is 10.1. The van der Waals surface area contributed by atoms with Crippen molar-refractivity contribution < 1.29 is 9.21 Å². The van der Waals surface area contributed by atoms with Crippen LogP contribution in [0.4, 0.5) is 17.6 Å². The summed E-state index contributed by atoms with van der Waals surface area (Å²) >= 11 is 0. The molecule has 1 fully saturated rings. The van der Waals surface area contributed by atoms with Gasteiger partial charge in [-0.15, -0.1) is 12.4 Å². The van der Waals surface area contributed by atoms with E-state index in [1.807, 2.05) is 4.90 Å². The fourth-order valence-corrected chi connectivity index (χ4v) is 2.33. The van der Waals surface area contributed by atoms with Gasteiger partial charge in [0.1, 0.15) is 11.6 Å². The second-order valence-electron chi connectivity index (χ2n) is 4.77. The number of nitrogens with zero attached hydrogens (tertiary/aromatic N) is 4. The van der Waals surface area contributed by atoms with Gasteiger partial charge in [-0.2, -0.15) is 9.97 Å². The van der Waals surface area contributed by atoms with Gasteiger partial charge in [0.2, 0.25) is 5.95 Å². The maximum absolute atomic E-state index is 12.2. The number of hydrogen-bond donors (Lipinski definition) is 2. The molecule has 0 aliphatic carbocycles. The summed E-state index contributed by atoms with van der Waals surface area (Å²) in [7, 11) is 0. The Morgan fingerprint density at radius 3 is 2.50 bits per heavy atom. The Labute approximate surface area is 133 Å². The third-order valence-corrected chi connectivity index (χ3v) is 3.37. The first kappa shape index (κ1) is 15.9. The van der Waals surface area contributed by atoms with E-state index in [2.05, 4.69) is 9.97 Å². The van der Waals surface area contributed by atoms with Crippen LogP contribution in [0.1, 0.15) is 10.6 Å². The number of halogens is 1. The van der Waals surface area contributed by atoms with E-state index in [1.54, 1.807) is 23.1 Å². The zero-order valence-electron chi connectivity index (χ0n) is 11.8. The molecular weight excluding hydrogens is 308 g/mol. The van der Waals surface area contributed by atoms with E-state index >= 15 is 0 Å². The lowest BCUT2D eigenvalue weighted by atomic mass is 10.3. The summed E-state index contributed by atoms with van der Waals surface area (Å²) in [6.07, 6.45) is 1.50. The summed E-state index contributed by atoms with van der Waals surface area (Å²) < 4.78 is 5.13. The van der Waals surface area contributed by atoms with Gasteiger partial charge in [0, 0.05) is 32.2 Å². The van der Waals surface area contributed by atoms with Crippen molar-refractivity contribution >= 4 is 35.9 Å². The van der Waals surface area contributed by atoms with Gasteiger partial charge in [-0.05, 0) is 12.1 Å². The number of piperazine rings is 1. The van der Waals surface area contributed by atoms with Crippen molar-refractivity contribution in [1.29, 1.82) is 0 Å². The standard InChI is InChI=1S/C13H16N6O2.ClH/c14-10-8-11(17-13(15)16-10)18-3-5-19(6-4-18)12(20)9-2-1-7-21-9;/h1-2,7-8H,3-6H2,(H4,14,15,16,17);1H. The van der Waals surface area contributed by atoms with Crippen molar-refractivity contribution in [3.63, 3.8) is 0 Å². The molecule has 0 bridgehead atoms. The fourth-order valence-electron chi connectivity index (χ4n) is 2.33. The zero-order valence-corrected chi connectivity index (χ0v) is 12.6. The molecule has 2 aromatic heterocycles. The molecule has 1 aliphatic rings. The Morgan fingerprint density at radius 2 is 1.91 bits per heavy atom. The monoisotopic (exact) mass is 324 g/mol. The van der Waals surface area contributed by atoms with E-state index in [1.165, 1.54) is 6.26 Å². The van der Waals surface area contributed by atoms with Gasteiger partial charge in [-0.1, -0.05) is 0 Å². The van der Waals surface area contributed by atoms with Crippen molar-refractivity contribution in [3.05, 3.63) is 30.2 Å². The second-order valence-corrected chi connectivity index (χ2v) is 4.77. The van der Waals surface area contributed by atoms with Crippen molar-refractivity contribution in [1.82, 2.24) is 14.9 Å². The molecule has 2 aromatic rings. The predicted octanol–water partition coefficient (Wildman–Crippen LogP) is 0.618. The Bertz CT molecular complexity index is 620. The lowest BCUT2D eigenvalue weighted by Gasteiger charge is -2.35. The highest BCUT2D eigenvalue weighted by molar-refractivity contribution is 5.91. The Hall–Kier alpha value is -2.48. The second kappa shape index (κ2) is 6.52. The molecule has 1 saturated heterocycles. The highest BCUT2D eigenvalue weighted by Crippen LogP contribution is 2.18. The summed E-state index contributed by atoms with van der Waals surface area (Å²) in [6.45, 7) is 2.48. The number of carbonyl (C=O) groups is 1. The van der Waals surface area contributed by atoms with Crippen LogP contribution in [-0.2, 0) is 0 Å². The third-order valence-electron chi connectivity index (χ3n) is 3.37. The van der Waals surface area contributed by atoms with Gasteiger partial charge in [-0.3, -0.25) is 4.79 Å². The SMILES string of the molecule is Cl.Nc1cc(N2CCN(C(=O)c3ccco3)CC2)nc(N)n1. The molecule has 0 unspecified atom stereocenters. The van der Waals surface area contributed by atoms with Crippen LogP contribution in [0.15, 0.2) is 28.9 Å². The summed E-state index contributed by atoms with van der Waals surface area (Å²) in [4.78, 5) is 24.0. The molecule has 0 spiro atoms. The lowest BCUT2D eigenvalue weighted by Crippen LogP contribution is -2.49. The number of furan rings is 1. The van der Waals surface area contributed by atoms with Crippen LogP contribution < -0.4 is 16.4 Å². The van der Waals surface area contributed by atoms with E-state index in [0.717, 1.165) is 0 Å². The summed E-state index contributed by atoms with van der Waals surface area (Å²) in [5.74, 6) is 1.44. The number of rotatable bonds is 2. The minimum atomic E-state index is -0.0960. The average Bonchev–Trinajstić information content (AvgIpc) is 3.00. The van der Waals surface area contributed by atoms with Crippen LogP contribution >= 0.6 is 12.4 Å². The largest absolute Gasteiger partial charge is 0.459 e. The van der Waals surface area contributed by atoms with Crippen LogP contribution in [0, 0.1) is 0 Å². The van der Waals surface area contributed by atoms with Crippen LogP contribution in [-0.4, -0.2) is 47.0 Å². The van der Waals surface area contributed by atoms with Crippen LogP contribution in [0.25, 0.3) is 0 Å². The lowest BCUT2D eigenvalue weighted by molar-refractivity contribution is 0.0714. The highest BCUT2D eigenvalue weighted by atomic mass is 35.5. The van der Waals surface area contributed by atoms with Crippen molar-refractivity contribution in [2.75, 3.05) is 42.5 Å². The van der Waals surface area contributed by atoms with Crippen LogP contribution in [0.5, 0.6) is 0 Å². The van der Waals surface area contributed by atoms with E-state index < -0.39 is 0 Å². The number of aromatic nitrogens is 2. The van der Waals surface area contributed by atoms with Gasteiger partial charge in [0.05, 0.1) is 6.26 Å². The summed E-state index contributed by atoms with van der Waals surface area (Å²) in [5, 5.41) is 0. The number of anilines is 3. The maximum atomic E-state index is 12.2. The molecular formula is C13H17ClN6O2. The van der Waals surface area contributed by atoms with E-state index in [0.29, 0.717) is 43.6 Å². The van der Waals surface area contributed by atoms with E-state index in [-0.39, 0.29) is 24.3 Å². The smallest absolute Gasteiger partial charge is 0.289 e. The first-order valence-corrected chi connectivity index (χ1v) is 6.61. The molecule has 1 aliphatic heterocycles. The number of carbonyl (C=O) groups excluding carboxylic acids is 1. The van der Waals surface area contributed by atoms with Crippen molar-refractivity contribution in [3.8, 4) is 0 Å². The molecule has 0 atom stereocenters. The number of nitrogens with two attached hydrogens (primary N) is 2. The van der Waals surface area contributed by atoms with Crippen molar-refractivity contribution in [2.24, 2.45) is 0 Å². The Kier molecular flexibility index (Phi) is 4.71. The molecule has 9 heteroatoms. The molecule has 3 rings (SSSR count). The minimum Gasteiger partial charge on any atom is -0.459 e. The molecule has 8 nitrogen and oxygen atoms in total. The minimum absolute atomic E-state index is 0. The number of hydrogen-bond acceptors (Lipinski definition) is 7. The predicted molar refractivity (Wildman–Crippen MR) is 84.9 cm³/mol. The Morgan fingerprint density at radius 1 is 1.18 bits per heavy atom. The normalized spacial score (nSPS) is 14.5. The summed E-state index contributed by atoms with van der Waals surface area (Å²) in [6, 6.07) is 5.05. The molecule has 118 valence electrons. The highest BCUT2D eigenvalue weighted by Gasteiger charge is 2.24. The molecule has 0 radical (unpaired) electrons. The molecule has 4 N–H and O–H groups in total. The third kappa shape index (κ3) is 3.22. The first-order valence-electron chi connectivity index (χ1n) is 6.61. The fraction of sp³-hybridized carbons (Fsp3) is 0.308. The van der Waals surface area contributed by atoms with Gasteiger partial charge in [0.15, 0.2) is 5.76 Å². The molecule has 22 heavy (non-hydrogen) atoms. The van der Waals surface area contributed by atoms with Gasteiger partial charge in [0.25, 0.3) is 5.91 Å². The quantitative estimate of drug-likeness (QED) is 0.832. The van der Waals surface area contributed by atoms with Crippen LogP contribution in [0.3, 0.4) is 0 Å². The maximum Gasteiger partial charge on any atom is 0.289 e. The number of nitrogen functional groups attached to an aromatic ring is 2. The Balaban J connectivity index is 0.00000176. The van der Waals surface area contributed by atoms with E-state index in [4.69, 9.17) is 15.9 Å². The van der Waals surface area contributed by atoms with E-state index in [9.17, 15) is 4.79 Å². The molecule has 0 saturated carbocycles. The van der Waals surface area contributed by atoms with Crippen molar-refractivity contribution in [2.45, 2.75) is 0 Å². The zero-order chi connectivity index (χ0) is 14.8. The number of amides is 1. The van der Waals surface area contributed by atoms with Crippen LogP contribution in [0.2, 0.25) is 0 Å². The van der Waals surface area contributed by atoms with Gasteiger partial charge >= 0.3 is 0 Å². The van der Waals surface area contributed by atoms with Gasteiger partial charge < -0.3 is 25.7 Å². The van der Waals surface area contributed by atoms with Gasteiger partial charge in [-0.25, -0.2) is 0 Å². The average molecular weight is 325 g/mol. The molecule has 0 aromatic carbocycles.